The molecular formula is C34H34N2O5. The van der Waals surface area contributed by atoms with Gasteiger partial charge in [0.05, 0.1) is 6.42 Å². The van der Waals surface area contributed by atoms with E-state index in [2.05, 4.69) is 31.4 Å². The van der Waals surface area contributed by atoms with Gasteiger partial charge in [-0.2, -0.15) is 0 Å². The third kappa shape index (κ3) is 8.05. The van der Waals surface area contributed by atoms with Crippen LogP contribution in [0.3, 0.4) is 0 Å². The summed E-state index contributed by atoms with van der Waals surface area (Å²) in [5, 5.41) is 14.3. The van der Waals surface area contributed by atoms with E-state index < -0.39 is 12.1 Å². The molecule has 0 spiro atoms. The van der Waals surface area contributed by atoms with Crippen molar-refractivity contribution in [2.24, 2.45) is 0 Å². The van der Waals surface area contributed by atoms with E-state index in [9.17, 15) is 14.4 Å². The van der Waals surface area contributed by atoms with Crippen LogP contribution in [0.4, 0.5) is 5.69 Å². The van der Waals surface area contributed by atoms with E-state index >= 15 is 0 Å². The van der Waals surface area contributed by atoms with Gasteiger partial charge in [-0.05, 0) is 58.5 Å². The number of amides is 2. The van der Waals surface area contributed by atoms with Gasteiger partial charge in [-0.1, -0.05) is 87.5 Å². The van der Waals surface area contributed by atoms with Crippen LogP contribution in [0.2, 0.25) is 0 Å². The Labute approximate surface area is 240 Å². The lowest BCUT2D eigenvalue weighted by molar-refractivity contribution is -0.136. The maximum Gasteiger partial charge on any atom is 0.305 e. The van der Waals surface area contributed by atoms with E-state index in [1.165, 1.54) is 0 Å². The number of carboxylic acids is 1. The van der Waals surface area contributed by atoms with Crippen LogP contribution in [-0.2, 0) is 15.0 Å². The molecule has 41 heavy (non-hydrogen) atoms. The fourth-order valence-electron chi connectivity index (χ4n) is 4.22. The second-order valence-corrected chi connectivity index (χ2v) is 10.7. The summed E-state index contributed by atoms with van der Waals surface area (Å²) in [6, 6.07) is 31.8. The number of anilines is 1. The van der Waals surface area contributed by atoms with Crippen molar-refractivity contribution in [3.63, 3.8) is 0 Å². The standard InChI is InChI=1S/C34H34N2O5/c1-34(2,3)27-15-9-25(10-16-27)31(41-29-19-13-26(14-20-29)32(39)35-22-21-30(37)38)33(40)36-28-17-11-24(12-18-28)23-7-5-4-6-8-23/h4-20,31H,21-22H2,1-3H3,(H,35,39)(H,36,40)(H,37,38). The quantitative estimate of drug-likeness (QED) is 0.206. The molecule has 0 bridgehead atoms. The predicted octanol–water partition coefficient (Wildman–Crippen LogP) is 6.61. The first-order valence-corrected chi connectivity index (χ1v) is 13.4. The molecule has 0 aliphatic heterocycles. The number of nitrogens with one attached hydrogen (secondary N) is 2. The molecular weight excluding hydrogens is 516 g/mol. The molecule has 0 aromatic heterocycles. The van der Waals surface area contributed by atoms with Crippen LogP contribution >= 0.6 is 0 Å². The monoisotopic (exact) mass is 550 g/mol. The number of aliphatic carboxylic acids is 1. The van der Waals surface area contributed by atoms with Crippen LogP contribution in [0, 0.1) is 0 Å². The SMILES string of the molecule is CC(C)(C)c1ccc(C(Oc2ccc(C(=O)NCCC(=O)O)cc2)C(=O)Nc2ccc(-c3ccccc3)cc2)cc1. The van der Waals surface area contributed by atoms with Crippen molar-refractivity contribution in [3.8, 4) is 16.9 Å². The van der Waals surface area contributed by atoms with Gasteiger partial charge in [0.15, 0.2) is 0 Å². The maximum atomic E-state index is 13.6. The third-order valence-corrected chi connectivity index (χ3v) is 6.57. The zero-order valence-electron chi connectivity index (χ0n) is 23.4. The topological polar surface area (TPSA) is 105 Å². The number of carbonyl (C=O) groups is 3. The number of benzene rings is 4. The first-order chi connectivity index (χ1) is 19.6. The lowest BCUT2D eigenvalue weighted by Gasteiger charge is -2.22. The van der Waals surface area contributed by atoms with Crippen LogP contribution in [-0.4, -0.2) is 29.4 Å². The molecule has 210 valence electrons. The van der Waals surface area contributed by atoms with Crippen molar-refractivity contribution in [1.29, 1.82) is 0 Å². The summed E-state index contributed by atoms with van der Waals surface area (Å²) in [7, 11) is 0. The number of hydrogen-bond acceptors (Lipinski definition) is 4. The summed E-state index contributed by atoms with van der Waals surface area (Å²) >= 11 is 0. The van der Waals surface area contributed by atoms with Crippen LogP contribution in [0.15, 0.2) is 103 Å². The van der Waals surface area contributed by atoms with Gasteiger partial charge >= 0.3 is 5.97 Å². The second-order valence-electron chi connectivity index (χ2n) is 10.7. The van der Waals surface area contributed by atoms with E-state index in [0.29, 0.717) is 22.6 Å². The molecule has 4 aromatic rings. The minimum atomic E-state index is -0.985. The van der Waals surface area contributed by atoms with E-state index in [1.54, 1.807) is 24.3 Å². The first-order valence-electron chi connectivity index (χ1n) is 13.4. The Hall–Kier alpha value is -4.91. The largest absolute Gasteiger partial charge is 0.481 e. The highest BCUT2D eigenvalue weighted by Crippen LogP contribution is 2.28. The highest BCUT2D eigenvalue weighted by Gasteiger charge is 2.24. The number of ether oxygens (including phenoxy) is 1. The molecule has 0 saturated heterocycles. The van der Waals surface area contributed by atoms with E-state index in [-0.39, 0.29) is 30.2 Å². The summed E-state index contributed by atoms with van der Waals surface area (Å²) < 4.78 is 6.18. The minimum absolute atomic E-state index is 0.0333. The Bertz CT molecular complexity index is 1470. The molecule has 7 nitrogen and oxygen atoms in total. The number of carboxylic acid groups (broad SMARTS) is 1. The zero-order valence-corrected chi connectivity index (χ0v) is 23.4. The predicted molar refractivity (Wildman–Crippen MR) is 160 cm³/mol. The van der Waals surface area contributed by atoms with Crippen molar-refractivity contribution in [2.45, 2.75) is 38.7 Å². The Morgan fingerprint density at radius 2 is 1.39 bits per heavy atom. The number of hydrogen-bond donors (Lipinski definition) is 3. The lowest BCUT2D eigenvalue weighted by Crippen LogP contribution is -2.26. The van der Waals surface area contributed by atoms with Crippen LogP contribution in [0.5, 0.6) is 5.75 Å². The highest BCUT2D eigenvalue weighted by atomic mass is 16.5. The summed E-state index contributed by atoms with van der Waals surface area (Å²) in [5.74, 6) is -1.30. The van der Waals surface area contributed by atoms with Gasteiger partial charge in [0.1, 0.15) is 5.75 Å². The minimum Gasteiger partial charge on any atom is -0.481 e. The molecule has 1 unspecified atom stereocenters. The van der Waals surface area contributed by atoms with Crippen molar-refractivity contribution in [2.75, 3.05) is 11.9 Å². The molecule has 0 heterocycles. The van der Waals surface area contributed by atoms with Crippen molar-refractivity contribution in [3.05, 3.63) is 120 Å². The summed E-state index contributed by atoms with van der Waals surface area (Å²) in [6.45, 7) is 6.41. The smallest absolute Gasteiger partial charge is 0.305 e. The molecule has 3 N–H and O–H groups in total. The Morgan fingerprint density at radius 3 is 1.98 bits per heavy atom. The van der Waals surface area contributed by atoms with Crippen LogP contribution < -0.4 is 15.4 Å². The molecule has 0 radical (unpaired) electrons. The van der Waals surface area contributed by atoms with Crippen molar-refractivity contribution in [1.82, 2.24) is 5.32 Å². The number of rotatable bonds is 10. The Morgan fingerprint density at radius 1 is 0.780 bits per heavy atom. The molecule has 0 aliphatic carbocycles. The molecule has 0 saturated carbocycles. The van der Waals surface area contributed by atoms with Gasteiger partial charge in [0.2, 0.25) is 6.10 Å². The van der Waals surface area contributed by atoms with Crippen molar-refractivity contribution < 1.29 is 24.2 Å². The second kappa shape index (κ2) is 13.0. The fourth-order valence-corrected chi connectivity index (χ4v) is 4.22. The molecule has 0 fully saturated rings. The van der Waals surface area contributed by atoms with Gasteiger partial charge in [-0.3, -0.25) is 14.4 Å². The summed E-state index contributed by atoms with van der Waals surface area (Å²) in [6.07, 6.45) is -1.11. The summed E-state index contributed by atoms with van der Waals surface area (Å²) in [4.78, 5) is 36.6. The molecule has 4 aromatic carbocycles. The van der Waals surface area contributed by atoms with Crippen LogP contribution in [0.1, 0.15) is 54.8 Å². The zero-order chi connectivity index (χ0) is 29.4. The Kier molecular flexibility index (Phi) is 9.19. The maximum absolute atomic E-state index is 13.6. The molecule has 2 amide bonds. The summed E-state index contributed by atoms with van der Waals surface area (Å²) in [5.41, 5.74) is 4.91. The average molecular weight is 551 g/mol. The normalized spacial score (nSPS) is 11.8. The lowest BCUT2D eigenvalue weighted by atomic mass is 9.86. The van der Waals surface area contributed by atoms with Gasteiger partial charge in [-0.25, -0.2) is 0 Å². The molecule has 4 rings (SSSR count). The number of carbonyl (C=O) groups excluding carboxylic acids is 2. The Balaban J connectivity index is 1.52. The van der Waals surface area contributed by atoms with Gasteiger partial charge < -0.3 is 20.5 Å². The van der Waals surface area contributed by atoms with E-state index in [4.69, 9.17) is 9.84 Å². The molecule has 1 atom stereocenters. The van der Waals surface area contributed by atoms with E-state index in [1.807, 2.05) is 78.9 Å². The van der Waals surface area contributed by atoms with Gasteiger partial charge in [0, 0.05) is 23.4 Å². The first kappa shape index (κ1) is 29.1. The van der Waals surface area contributed by atoms with Gasteiger partial charge in [-0.15, -0.1) is 0 Å². The van der Waals surface area contributed by atoms with E-state index in [0.717, 1.165) is 16.7 Å². The van der Waals surface area contributed by atoms with Crippen LogP contribution in [0.25, 0.3) is 11.1 Å². The van der Waals surface area contributed by atoms with Gasteiger partial charge in [0.25, 0.3) is 11.8 Å². The molecule has 7 heteroatoms. The fraction of sp³-hybridized carbons (Fsp3) is 0.206. The third-order valence-electron chi connectivity index (χ3n) is 6.57. The van der Waals surface area contributed by atoms with Crippen molar-refractivity contribution >= 4 is 23.5 Å². The molecule has 0 aliphatic rings. The highest BCUT2D eigenvalue weighted by molar-refractivity contribution is 5.96. The average Bonchev–Trinajstić information content (AvgIpc) is 2.96.